The number of ether oxygens (including phenoxy) is 2. The molecular weight excluding hydrogens is 496 g/mol. The molecule has 8 nitrogen and oxygen atoms in total. The number of likely N-dealkylation sites (tertiary alicyclic amines) is 1. The number of amides is 2. The first-order valence-corrected chi connectivity index (χ1v) is 15.1. The topological polar surface area (TPSA) is 96.4 Å². The molecule has 3 saturated heterocycles. The molecule has 0 aromatic heterocycles. The molecule has 6 atom stereocenters. The first-order valence-electron chi connectivity index (χ1n) is 15.1. The predicted octanol–water partition coefficient (Wildman–Crippen LogP) is 4.02. The molecular formula is C31H48N2O6. The number of allylic oxidation sites excluding steroid dienone is 1. The molecule has 2 amide bonds. The van der Waals surface area contributed by atoms with E-state index >= 15 is 0 Å². The van der Waals surface area contributed by atoms with Gasteiger partial charge in [0.05, 0.1) is 18.1 Å². The minimum atomic E-state index is -1.06. The van der Waals surface area contributed by atoms with Gasteiger partial charge in [-0.05, 0) is 64.2 Å². The summed E-state index contributed by atoms with van der Waals surface area (Å²) < 4.78 is 12.5. The Labute approximate surface area is 233 Å². The second-order valence-electron chi connectivity index (χ2n) is 12.2. The first kappa shape index (κ1) is 29.8. The number of hydrogen-bond donors (Lipinski definition) is 1. The zero-order valence-electron chi connectivity index (χ0n) is 23.9. The highest BCUT2D eigenvalue weighted by atomic mass is 16.6. The largest absolute Gasteiger partial charge is 0.465 e. The van der Waals surface area contributed by atoms with Crippen molar-refractivity contribution >= 4 is 17.8 Å². The van der Waals surface area contributed by atoms with Crippen LogP contribution in [0.3, 0.4) is 0 Å². The van der Waals surface area contributed by atoms with E-state index in [-0.39, 0.29) is 37.0 Å². The van der Waals surface area contributed by atoms with Crippen LogP contribution in [0.15, 0.2) is 25.3 Å². The summed E-state index contributed by atoms with van der Waals surface area (Å²) in [6.07, 6.45) is 12.8. The Balaban J connectivity index is 1.69. The highest BCUT2D eigenvalue weighted by molar-refractivity contribution is 5.98. The number of fused-ring (bicyclic) bond motifs is 1. The van der Waals surface area contributed by atoms with Gasteiger partial charge in [-0.2, -0.15) is 0 Å². The summed E-state index contributed by atoms with van der Waals surface area (Å²) in [6, 6.07) is -0.669. The number of carbonyl (C=O) groups is 3. The molecule has 0 aromatic rings. The van der Waals surface area contributed by atoms with E-state index in [0.717, 1.165) is 38.5 Å². The summed E-state index contributed by atoms with van der Waals surface area (Å²) in [6.45, 7) is 12.8. The Bertz CT molecular complexity index is 932. The fourth-order valence-corrected chi connectivity index (χ4v) is 7.79. The van der Waals surface area contributed by atoms with Gasteiger partial charge in [-0.25, -0.2) is 0 Å². The molecule has 1 aliphatic carbocycles. The van der Waals surface area contributed by atoms with Crippen LogP contribution in [0.2, 0.25) is 0 Å². The van der Waals surface area contributed by atoms with Gasteiger partial charge in [0.1, 0.15) is 17.6 Å². The van der Waals surface area contributed by atoms with Crippen molar-refractivity contribution in [3.05, 3.63) is 25.3 Å². The predicted molar refractivity (Wildman–Crippen MR) is 149 cm³/mol. The fraction of sp³-hybridized carbons (Fsp3) is 0.774. The molecule has 2 bridgehead atoms. The average molecular weight is 545 g/mol. The number of nitrogens with zero attached hydrogens (tertiary/aromatic N) is 2. The monoisotopic (exact) mass is 544 g/mol. The third-order valence-electron chi connectivity index (χ3n) is 9.78. The maximum Gasteiger partial charge on any atom is 0.312 e. The van der Waals surface area contributed by atoms with Crippen LogP contribution in [-0.2, 0) is 23.9 Å². The molecule has 1 saturated carbocycles. The van der Waals surface area contributed by atoms with Gasteiger partial charge < -0.3 is 24.4 Å². The summed E-state index contributed by atoms with van der Waals surface area (Å²) in [4.78, 5) is 46.0. The molecule has 0 aromatic carbocycles. The van der Waals surface area contributed by atoms with E-state index in [0.29, 0.717) is 38.8 Å². The molecule has 4 aliphatic rings. The Kier molecular flexibility index (Phi) is 9.58. The summed E-state index contributed by atoms with van der Waals surface area (Å²) in [5.74, 6) is -2.18. The summed E-state index contributed by atoms with van der Waals surface area (Å²) in [5.41, 5.74) is -1.93. The molecule has 3 heterocycles. The van der Waals surface area contributed by atoms with E-state index in [1.807, 2.05) is 11.8 Å². The lowest BCUT2D eigenvalue weighted by Crippen LogP contribution is -2.58. The number of hydrogen-bond acceptors (Lipinski definition) is 6. The molecule has 1 N–H and O–H groups in total. The number of rotatable bonds is 14. The van der Waals surface area contributed by atoms with Crippen molar-refractivity contribution in [2.24, 2.45) is 17.8 Å². The van der Waals surface area contributed by atoms with E-state index in [1.165, 1.54) is 6.42 Å². The number of aliphatic hydroxyl groups excluding tert-OH is 1. The quantitative estimate of drug-likeness (QED) is 0.202. The van der Waals surface area contributed by atoms with Crippen LogP contribution >= 0.6 is 0 Å². The molecule has 0 radical (unpaired) electrons. The van der Waals surface area contributed by atoms with Gasteiger partial charge in [0, 0.05) is 25.7 Å². The zero-order chi connectivity index (χ0) is 28.2. The van der Waals surface area contributed by atoms with Gasteiger partial charge in [-0.3, -0.25) is 14.4 Å². The van der Waals surface area contributed by atoms with Crippen molar-refractivity contribution in [1.29, 1.82) is 0 Å². The lowest BCUT2D eigenvalue weighted by atomic mass is 9.62. The van der Waals surface area contributed by atoms with Gasteiger partial charge >= 0.3 is 5.97 Å². The summed E-state index contributed by atoms with van der Waals surface area (Å²) in [7, 11) is 0. The van der Waals surface area contributed by atoms with Crippen LogP contribution in [0.25, 0.3) is 0 Å². The maximum absolute atomic E-state index is 14.6. The summed E-state index contributed by atoms with van der Waals surface area (Å²) in [5, 5.41) is 9.27. The second-order valence-corrected chi connectivity index (χ2v) is 12.2. The molecule has 1 spiro atoms. The normalized spacial score (nSPS) is 33.7. The van der Waals surface area contributed by atoms with E-state index in [1.54, 1.807) is 17.1 Å². The smallest absolute Gasteiger partial charge is 0.312 e. The van der Waals surface area contributed by atoms with E-state index in [4.69, 9.17) is 9.47 Å². The van der Waals surface area contributed by atoms with Crippen LogP contribution in [0.5, 0.6) is 0 Å². The molecule has 4 fully saturated rings. The van der Waals surface area contributed by atoms with Gasteiger partial charge in [-0.1, -0.05) is 38.3 Å². The minimum Gasteiger partial charge on any atom is -0.465 e. The highest BCUT2D eigenvalue weighted by Crippen LogP contribution is 2.65. The van der Waals surface area contributed by atoms with Crippen molar-refractivity contribution in [3.63, 3.8) is 0 Å². The van der Waals surface area contributed by atoms with Crippen LogP contribution in [0, 0.1) is 17.8 Å². The second kappa shape index (κ2) is 12.5. The lowest BCUT2D eigenvalue weighted by molar-refractivity contribution is -0.162. The number of carbonyl (C=O) groups excluding carboxylic acids is 3. The van der Waals surface area contributed by atoms with Crippen molar-refractivity contribution in [2.45, 2.75) is 108 Å². The third kappa shape index (κ3) is 5.31. The number of unbranched alkanes of at least 4 members (excludes halogenated alkanes) is 3. The zero-order valence-corrected chi connectivity index (χ0v) is 23.9. The molecule has 3 unspecified atom stereocenters. The average Bonchev–Trinajstić information content (AvgIpc) is 3.44. The van der Waals surface area contributed by atoms with Crippen molar-refractivity contribution in [2.75, 3.05) is 26.3 Å². The van der Waals surface area contributed by atoms with E-state index in [2.05, 4.69) is 20.1 Å². The van der Waals surface area contributed by atoms with Gasteiger partial charge in [0.2, 0.25) is 11.8 Å². The number of aliphatic hydroxyl groups is 1. The molecule has 4 rings (SSSR count). The molecule has 3 aliphatic heterocycles. The molecule has 218 valence electrons. The minimum absolute atomic E-state index is 0.0144. The fourth-order valence-electron chi connectivity index (χ4n) is 7.79. The van der Waals surface area contributed by atoms with Crippen molar-refractivity contribution < 1.29 is 29.0 Å². The van der Waals surface area contributed by atoms with Gasteiger partial charge in [0.25, 0.3) is 0 Å². The van der Waals surface area contributed by atoms with Gasteiger partial charge in [0.15, 0.2) is 0 Å². The molecule has 8 heteroatoms. The standard InChI is InChI=1S/C31H48N2O6/c1-5-7-14-20-38-29(37)25-24-27(35)33(18-12-9-13-19-34)26(31(24)21-22(3)30(25,4)39-31)28(36)32(17-6-2)23-15-10-8-11-16-23/h5-6,22-26,34H,1-2,7-21H2,3-4H3/t22?,24-,25+,26?,30-,31?/m0/s1. The first-order chi connectivity index (χ1) is 18.8. The van der Waals surface area contributed by atoms with Crippen LogP contribution in [0.4, 0.5) is 0 Å². The highest BCUT2D eigenvalue weighted by Gasteiger charge is 2.80. The Morgan fingerprint density at radius 2 is 1.90 bits per heavy atom. The van der Waals surface area contributed by atoms with E-state index in [9.17, 15) is 19.5 Å². The van der Waals surface area contributed by atoms with Crippen LogP contribution in [-0.4, -0.2) is 82.3 Å². The van der Waals surface area contributed by atoms with Gasteiger partial charge in [-0.15, -0.1) is 13.2 Å². The maximum atomic E-state index is 14.6. The SMILES string of the molecule is C=CCCCOC(=O)[C@H]1[C@H]2C(=O)N(CCCCCO)C(C(=O)N(CC=C)C3CCCCC3)C23CC(C)[C@]1(C)O3. The van der Waals surface area contributed by atoms with Crippen molar-refractivity contribution in [1.82, 2.24) is 9.80 Å². The third-order valence-corrected chi connectivity index (χ3v) is 9.78. The van der Waals surface area contributed by atoms with Crippen LogP contribution in [0.1, 0.15) is 84.5 Å². The Morgan fingerprint density at radius 1 is 1.15 bits per heavy atom. The Morgan fingerprint density at radius 3 is 2.56 bits per heavy atom. The number of esters is 1. The Hall–Kier alpha value is -2.19. The summed E-state index contributed by atoms with van der Waals surface area (Å²) >= 11 is 0. The van der Waals surface area contributed by atoms with E-state index < -0.39 is 35.0 Å². The lowest BCUT2D eigenvalue weighted by Gasteiger charge is -2.41. The van der Waals surface area contributed by atoms with Crippen LogP contribution < -0.4 is 0 Å². The molecule has 39 heavy (non-hydrogen) atoms. The van der Waals surface area contributed by atoms with Crippen molar-refractivity contribution in [3.8, 4) is 0 Å².